The molecule has 0 spiro atoms. The summed E-state index contributed by atoms with van der Waals surface area (Å²) in [6, 6.07) is 0.556. The van der Waals surface area contributed by atoms with E-state index in [1.165, 1.54) is 75.3 Å². The van der Waals surface area contributed by atoms with E-state index in [1.54, 1.807) is 4.88 Å². The number of likely N-dealkylation sites (tertiary alicyclic amines) is 1. The number of aromatic nitrogens is 1. The Hall–Kier alpha value is -0.410. The number of hydrogen-bond acceptors (Lipinski definition) is 4. The van der Waals surface area contributed by atoms with E-state index in [1.807, 2.05) is 18.4 Å². The molecule has 7 heteroatoms. The predicted molar refractivity (Wildman–Crippen MR) is 127 cm³/mol. The Morgan fingerprint density at radius 2 is 2.04 bits per heavy atom. The maximum atomic E-state index is 4.84. The van der Waals surface area contributed by atoms with Crippen molar-refractivity contribution >= 4 is 41.3 Å². The molecule has 5 nitrogen and oxygen atoms in total. The number of nitrogens with zero attached hydrogens (tertiary/aromatic N) is 3. The van der Waals surface area contributed by atoms with Gasteiger partial charge in [0.1, 0.15) is 0 Å². The summed E-state index contributed by atoms with van der Waals surface area (Å²) in [7, 11) is 1.87. The number of thiazole rings is 1. The summed E-state index contributed by atoms with van der Waals surface area (Å²) in [5.41, 5.74) is 1.39. The van der Waals surface area contributed by atoms with Gasteiger partial charge >= 0.3 is 0 Å². The van der Waals surface area contributed by atoms with Crippen LogP contribution < -0.4 is 10.6 Å². The molecule has 2 N–H and O–H groups in total. The lowest BCUT2D eigenvalue weighted by molar-refractivity contribution is 0.206. The van der Waals surface area contributed by atoms with Gasteiger partial charge in [0.15, 0.2) is 5.96 Å². The Bertz CT molecular complexity index is 557. The molecule has 1 aromatic rings. The molecule has 1 aromatic heterocycles. The largest absolute Gasteiger partial charge is 0.356 e. The minimum Gasteiger partial charge on any atom is -0.356 e. The van der Waals surface area contributed by atoms with Crippen molar-refractivity contribution < 1.29 is 0 Å². The summed E-state index contributed by atoms with van der Waals surface area (Å²) in [5.74, 6) is 0.956. The number of guanidine groups is 1. The Labute approximate surface area is 185 Å². The fourth-order valence-electron chi connectivity index (χ4n) is 3.96. The van der Waals surface area contributed by atoms with Gasteiger partial charge in [0.2, 0.25) is 0 Å². The van der Waals surface area contributed by atoms with Crippen LogP contribution in [-0.4, -0.2) is 55.1 Å². The van der Waals surface area contributed by atoms with Crippen LogP contribution in [0, 0.1) is 0 Å². The average Bonchev–Trinajstić information content (AvgIpc) is 3.08. The second kappa shape index (κ2) is 12.2. The van der Waals surface area contributed by atoms with E-state index in [2.05, 4.69) is 27.4 Å². The van der Waals surface area contributed by atoms with E-state index in [0.717, 1.165) is 25.3 Å². The Balaban J connectivity index is 0.00000261. The second-order valence-corrected chi connectivity index (χ2v) is 8.72. The smallest absolute Gasteiger partial charge is 0.191 e. The first-order valence-corrected chi connectivity index (χ1v) is 11.3. The molecule has 0 amide bonds. The maximum Gasteiger partial charge on any atom is 0.191 e. The maximum absolute atomic E-state index is 4.84. The van der Waals surface area contributed by atoms with Gasteiger partial charge in [0.05, 0.1) is 10.7 Å². The van der Waals surface area contributed by atoms with E-state index in [-0.39, 0.29) is 24.0 Å². The highest BCUT2D eigenvalue weighted by Gasteiger charge is 2.19. The minimum absolute atomic E-state index is 0. The van der Waals surface area contributed by atoms with Crippen LogP contribution in [0.2, 0.25) is 0 Å². The number of rotatable bonds is 7. The molecular formula is C20H36IN5S. The third-order valence-corrected chi connectivity index (χ3v) is 6.66. The molecule has 0 saturated carbocycles. The fourth-order valence-corrected chi connectivity index (χ4v) is 5.16. The number of halogens is 1. The van der Waals surface area contributed by atoms with Crippen molar-refractivity contribution in [3.8, 4) is 0 Å². The molecule has 0 radical (unpaired) electrons. The van der Waals surface area contributed by atoms with Crippen molar-refractivity contribution in [2.75, 3.05) is 33.2 Å². The van der Waals surface area contributed by atoms with Crippen LogP contribution in [0.1, 0.15) is 61.0 Å². The van der Waals surface area contributed by atoms with Crippen LogP contribution in [0.15, 0.2) is 4.99 Å². The number of piperidine rings is 1. The number of fused-ring (bicyclic) bond motifs is 1. The highest BCUT2D eigenvalue weighted by molar-refractivity contribution is 14.0. The zero-order valence-corrected chi connectivity index (χ0v) is 20.1. The average molecular weight is 506 g/mol. The third-order valence-electron chi connectivity index (χ3n) is 5.44. The highest BCUT2D eigenvalue weighted by Crippen LogP contribution is 2.27. The van der Waals surface area contributed by atoms with Crippen molar-refractivity contribution in [1.82, 2.24) is 20.5 Å². The first-order valence-electron chi connectivity index (χ1n) is 10.5. The van der Waals surface area contributed by atoms with Crippen LogP contribution in [0.5, 0.6) is 0 Å². The molecule has 0 unspecified atom stereocenters. The van der Waals surface area contributed by atoms with E-state index in [0.29, 0.717) is 6.04 Å². The number of hydrogen-bond donors (Lipinski definition) is 2. The summed E-state index contributed by atoms with van der Waals surface area (Å²) in [4.78, 5) is 13.4. The van der Waals surface area contributed by atoms with Crippen molar-refractivity contribution in [3.63, 3.8) is 0 Å². The zero-order chi connectivity index (χ0) is 18.2. The standard InChI is InChI=1S/C20H35N5S.HI/c1-3-13-25-14-10-16(11-15-25)23-20(21-2)22-12-6-9-19-24-17-7-4-5-8-18(17)26-19;/h16H,3-15H2,1-2H3,(H2,21,22,23);1H. The Morgan fingerprint density at radius 1 is 1.26 bits per heavy atom. The van der Waals surface area contributed by atoms with Gasteiger partial charge in [-0.1, -0.05) is 6.92 Å². The highest BCUT2D eigenvalue weighted by atomic mass is 127. The molecule has 27 heavy (non-hydrogen) atoms. The van der Waals surface area contributed by atoms with E-state index < -0.39 is 0 Å². The van der Waals surface area contributed by atoms with E-state index >= 15 is 0 Å². The van der Waals surface area contributed by atoms with Gasteiger partial charge in [-0.3, -0.25) is 4.99 Å². The molecule has 3 rings (SSSR count). The normalized spacial score (nSPS) is 18.7. The Kier molecular flexibility index (Phi) is 10.3. The predicted octanol–water partition coefficient (Wildman–Crippen LogP) is 3.61. The monoisotopic (exact) mass is 505 g/mol. The number of aliphatic imine (C=N–C) groups is 1. The van der Waals surface area contributed by atoms with E-state index in [9.17, 15) is 0 Å². The molecule has 1 aliphatic carbocycles. The molecule has 1 fully saturated rings. The summed E-state index contributed by atoms with van der Waals surface area (Å²) >= 11 is 1.94. The number of nitrogens with one attached hydrogen (secondary N) is 2. The molecule has 0 atom stereocenters. The lowest BCUT2D eigenvalue weighted by Gasteiger charge is -2.32. The summed E-state index contributed by atoms with van der Waals surface area (Å²) in [6.45, 7) is 6.87. The third kappa shape index (κ3) is 7.16. The molecule has 0 bridgehead atoms. The zero-order valence-electron chi connectivity index (χ0n) is 16.9. The van der Waals surface area contributed by atoms with Gasteiger partial charge in [0, 0.05) is 44.0 Å². The summed E-state index contributed by atoms with van der Waals surface area (Å²) < 4.78 is 0. The van der Waals surface area contributed by atoms with Crippen LogP contribution >= 0.6 is 35.3 Å². The molecular weight excluding hydrogens is 469 g/mol. The van der Waals surface area contributed by atoms with Crippen LogP contribution in [0.4, 0.5) is 0 Å². The minimum atomic E-state index is 0. The molecule has 2 heterocycles. The molecule has 2 aliphatic rings. The van der Waals surface area contributed by atoms with Gasteiger partial charge in [-0.25, -0.2) is 4.98 Å². The van der Waals surface area contributed by atoms with Gasteiger partial charge in [-0.05, 0) is 57.9 Å². The van der Waals surface area contributed by atoms with Crippen molar-refractivity contribution in [3.05, 3.63) is 15.6 Å². The quantitative estimate of drug-likeness (QED) is 0.257. The van der Waals surface area contributed by atoms with E-state index in [4.69, 9.17) is 4.98 Å². The van der Waals surface area contributed by atoms with Crippen LogP contribution in [0.25, 0.3) is 0 Å². The molecule has 0 aromatic carbocycles. The summed E-state index contributed by atoms with van der Waals surface area (Å²) in [6.07, 6.45) is 11.0. The fraction of sp³-hybridized carbons (Fsp3) is 0.800. The van der Waals surface area contributed by atoms with Crippen molar-refractivity contribution in [2.45, 2.75) is 70.8 Å². The summed E-state index contributed by atoms with van der Waals surface area (Å²) in [5, 5.41) is 8.42. The van der Waals surface area contributed by atoms with Crippen molar-refractivity contribution in [2.24, 2.45) is 4.99 Å². The van der Waals surface area contributed by atoms with Gasteiger partial charge < -0.3 is 15.5 Å². The van der Waals surface area contributed by atoms with Gasteiger partial charge in [0.25, 0.3) is 0 Å². The molecule has 1 saturated heterocycles. The number of aryl methyl sites for hydroxylation is 3. The van der Waals surface area contributed by atoms with Crippen LogP contribution in [0.3, 0.4) is 0 Å². The van der Waals surface area contributed by atoms with Crippen LogP contribution in [-0.2, 0) is 19.3 Å². The second-order valence-electron chi connectivity index (χ2n) is 7.55. The molecule has 154 valence electrons. The topological polar surface area (TPSA) is 52.5 Å². The SMILES string of the molecule is CCCN1CCC(NC(=NC)NCCCc2nc3c(s2)CCCC3)CC1.I. The molecule has 1 aliphatic heterocycles. The lowest BCUT2D eigenvalue weighted by atomic mass is 10.0. The van der Waals surface area contributed by atoms with Gasteiger partial charge in [-0.15, -0.1) is 35.3 Å². The Morgan fingerprint density at radius 3 is 2.74 bits per heavy atom. The van der Waals surface area contributed by atoms with Crippen molar-refractivity contribution in [1.29, 1.82) is 0 Å². The first kappa shape index (κ1) is 22.9. The van der Waals surface area contributed by atoms with Gasteiger partial charge in [-0.2, -0.15) is 0 Å². The first-order chi connectivity index (χ1) is 12.8. The lowest BCUT2D eigenvalue weighted by Crippen LogP contribution is -2.48.